The van der Waals surface area contributed by atoms with Crippen molar-refractivity contribution in [2.45, 2.75) is 19.4 Å². The summed E-state index contributed by atoms with van der Waals surface area (Å²) in [6.45, 7) is 3.36. The molecule has 106 valence electrons. The second-order valence-corrected chi connectivity index (χ2v) is 6.58. The molecule has 7 nitrogen and oxygen atoms in total. The molecule has 0 aliphatic rings. The van der Waals surface area contributed by atoms with Gasteiger partial charge in [-0.2, -0.15) is 0 Å². The molecule has 0 unspecified atom stereocenters. The minimum absolute atomic E-state index is 0.0840. The first kappa shape index (κ1) is 15.4. The highest BCUT2D eigenvalue weighted by atomic mass is 32.2. The van der Waals surface area contributed by atoms with Crippen LogP contribution in [0.2, 0.25) is 0 Å². The van der Waals surface area contributed by atoms with Crippen LogP contribution in [0.3, 0.4) is 0 Å². The number of sulfonamides is 1. The Hall–Kier alpha value is -1.67. The van der Waals surface area contributed by atoms with Crippen LogP contribution in [0.25, 0.3) is 0 Å². The van der Waals surface area contributed by atoms with Gasteiger partial charge in [0.25, 0.3) is 5.91 Å². The number of hydrogen-bond acceptors (Lipinski definition) is 5. The van der Waals surface area contributed by atoms with Gasteiger partial charge in [-0.05, 0) is 19.9 Å². The quantitative estimate of drug-likeness (QED) is 0.697. The van der Waals surface area contributed by atoms with Crippen LogP contribution in [0, 0.1) is 0 Å². The highest BCUT2D eigenvalue weighted by Crippen LogP contribution is 2.13. The summed E-state index contributed by atoms with van der Waals surface area (Å²) in [6, 6.07) is 1.38. The van der Waals surface area contributed by atoms with Crippen molar-refractivity contribution in [2.75, 3.05) is 12.8 Å². The van der Waals surface area contributed by atoms with E-state index in [9.17, 15) is 18.3 Å². The molecule has 0 aromatic carbocycles. The van der Waals surface area contributed by atoms with Crippen molar-refractivity contribution in [3.8, 4) is 5.75 Å². The standard InChI is InChI=1S/C11H17N3O4S/c1-11(2,14-19(3,17)18)7-13-10(16)8-4-5-12-6-9(8)15/h4-6,14-15H,7H2,1-3H3,(H,13,16). The Morgan fingerprint density at radius 3 is 2.63 bits per heavy atom. The summed E-state index contributed by atoms with van der Waals surface area (Å²) in [5.74, 6) is -0.725. The molecule has 8 heteroatoms. The van der Waals surface area contributed by atoms with Crippen molar-refractivity contribution in [1.82, 2.24) is 15.0 Å². The Bertz CT molecular complexity index is 569. The maximum Gasteiger partial charge on any atom is 0.255 e. The molecule has 0 spiro atoms. The van der Waals surface area contributed by atoms with Crippen LogP contribution in [-0.2, 0) is 10.0 Å². The van der Waals surface area contributed by atoms with Gasteiger partial charge in [-0.3, -0.25) is 9.78 Å². The number of aromatic nitrogens is 1. The fraction of sp³-hybridized carbons (Fsp3) is 0.455. The second-order valence-electron chi connectivity index (χ2n) is 4.83. The lowest BCUT2D eigenvalue weighted by Gasteiger charge is -2.25. The lowest BCUT2D eigenvalue weighted by atomic mass is 10.1. The van der Waals surface area contributed by atoms with E-state index in [-0.39, 0.29) is 17.9 Å². The summed E-state index contributed by atoms with van der Waals surface area (Å²) >= 11 is 0. The minimum atomic E-state index is -3.36. The highest BCUT2D eigenvalue weighted by molar-refractivity contribution is 7.88. The van der Waals surface area contributed by atoms with E-state index in [2.05, 4.69) is 15.0 Å². The first-order chi connectivity index (χ1) is 8.61. The summed E-state index contributed by atoms with van der Waals surface area (Å²) in [5, 5.41) is 12.0. The SMILES string of the molecule is CC(C)(CNC(=O)c1ccncc1O)NS(C)(=O)=O. The average molecular weight is 287 g/mol. The number of nitrogens with zero attached hydrogens (tertiary/aromatic N) is 1. The third-order valence-corrected chi connectivity index (χ3v) is 3.12. The molecular weight excluding hydrogens is 270 g/mol. The molecule has 0 atom stereocenters. The van der Waals surface area contributed by atoms with Crippen LogP contribution in [0.15, 0.2) is 18.5 Å². The summed E-state index contributed by atoms with van der Waals surface area (Å²) < 4.78 is 24.7. The van der Waals surface area contributed by atoms with Crippen molar-refractivity contribution in [3.05, 3.63) is 24.0 Å². The maximum atomic E-state index is 11.8. The van der Waals surface area contributed by atoms with Gasteiger partial charge in [0.15, 0.2) is 0 Å². The number of carbonyl (C=O) groups excluding carboxylic acids is 1. The van der Waals surface area contributed by atoms with Gasteiger partial charge in [0.1, 0.15) is 5.75 Å². The smallest absolute Gasteiger partial charge is 0.255 e. The Kier molecular flexibility index (Phi) is 4.48. The Morgan fingerprint density at radius 1 is 1.47 bits per heavy atom. The van der Waals surface area contributed by atoms with E-state index in [1.54, 1.807) is 13.8 Å². The van der Waals surface area contributed by atoms with Crippen molar-refractivity contribution < 1.29 is 18.3 Å². The van der Waals surface area contributed by atoms with Gasteiger partial charge < -0.3 is 10.4 Å². The third kappa shape index (κ3) is 5.23. The first-order valence-electron chi connectivity index (χ1n) is 5.51. The molecular formula is C11H17N3O4S. The normalized spacial score (nSPS) is 12.2. The molecule has 3 N–H and O–H groups in total. The zero-order valence-electron chi connectivity index (χ0n) is 11.0. The van der Waals surface area contributed by atoms with E-state index >= 15 is 0 Å². The van der Waals surface area contributed by atoms with E-state index in [0.717, 1.165) is 12.5 Å². The van der Waals surface area contributed by atoms with E-state index in [1.165, 1.54) is 12.3 Å². The molecule has 0 radical (unpaired) electrons. The van der Waals surface area contributed by atoms with Crippen LogP contribution in [-0.4, -0.2) is 42.8 Å². The Balaban J connectivity index is 2.67. The average Bonchev–Trinajstić information content (AvgIpc) is 2.23. The maximum absolute atomic E-state index is 11.8. The van der Waals surface area contributed by atoms with E-state index in [0.29, 0.717) is 0 Å². The van der Waals surface area contributed by atoms with Gasteiger partial charge >= 0.3 is 0 Å². The fourth-order valence-electron chi connectivity index (χ4n) is 1.51. The largest absolute Gasteiger partial charge is 0.505 e. The fourth-order valence-corrected chi connectivity index (χ4v) is 2.59. The van der Waals surface area contributed by atoms with Crippen LogP contribution in [0.1, 0.15) is 24.2 Å². The number of amides is 1. The van der Waals surface area contributed by atoms with Crippen LogP contribution in [0.4, 0.5) is 0 Å². The van der Waals surface area contributed by atoms with Gasteiger partial charge in [0, 0.05) is 18.3 Å². The molecule has 1 heterocycles. The molecule has 1 aromatic heterocycles. The lowest BCUT2D eigenvalue weighted by Crippen LogP contribution is -2.51. The molecule has 0 bridgehead atoms. The van der Waals surface area contributed by atoms with Crippen molar-refractivity contribution >= 4 is 15.9 Å². The summed E-state index contributed by atoms with van der Waals surface area (Å²) in [5.41, 5.74) is -0.739. The number of nitrogens with one attached hydrogen (secondary N) is 2. The molecule has 0 saturated carbocycles. The molecule has 0 saturated heterocycles. The van der Waals surface area contributed by atoms with Crippen LogP contribution < -0.4 is 10.0 Å². The summed E-state index contributed by atoms with van der Waals surface area (Å²) in [4.78, 5) is 15.5. The second kappa shape index (κ2) is 5.54. The summed E-state index contributed by atoms with van der Waals surface area (Å²) in [6.07, 6.45) is 3.59. The van der Waals surface area contributed by atoms with E-state index in [4.69, 9.17) is 0 Å². The number of pyridine rings is 1. The third-order valence-electron chi connectivity index (χ3n) is 2.20. The van der Waals surface area contributed by atoms with Crippen molar-refractivity contribution in [2.24, 2.45) is 0 Å². The van der Waals surface area contributed by atoms with E-state index < -0.39 is 21.5 Å². The molecule has 1 rings (SSSR count). The number of carbonyl (C=O) groups is 1. The van der Waals surface area contributed by atoms with Crippen molar-refractivity contribution in [3.63, 3.8) is 0 Å². The number of rotatable bonds is 5. The summed E-state index contributed by atoms with van der Waals surface area (Å²) in [7, 11) is -3.36. The van der Waals surface area contributed by atoms with Crippen molar-refractivity contribution in [1.29, 1.82) is 0 Å². The number of aromatic hydroxyl groups is 1. The van der Waals surface area contributed by atoms with E-state index in [1.807, 2.05) is 0 Å². The Morgan fingerprint density at radius 2 is 2.11 bits per heavy atom. The molecule has 1 amide bonds. The predicted octanol–water partition coefficient (Wildman–Crippen LogP) is -0.155. The first-order valence-corrected chi connectivity index (χ1v) is 7.40. The zero-order valence-corrected chi connectivity index (χ0v) is 11.8. The van der Waals surface area contributed by atoms with Gasteiger partial charge in [0.2, 0.25) is 10.0 Å². The predicted molar refractivity (Wildman–Crippen MR) is 70.3 cm³/mol. The lowest BCUT2D eigenvalue weighted by molar-refractivity contribution is 0.0941. The molecule has 19 heavy (non-hydrogen) atoms. The molecule has 0 aliphatic carbocycles. The van der Waals surface area contributed by atoms with Crippen LogP contribution >= 0.6 is 0 Å². The minimum Gasteiger partial charge on any atom is -0.505 e. The molecule has 0 aliphatic heterocycles. The van der Waals surface area contributed by atoms with Gasteiger partial charge in [-0.15, -0.1) is 0 Å². The van der Waals surface area contributed by atoms with Crippen LogP contribution in [0.5, 0.6) is 5.75 Å². The monoisotopic (exact) mass is 287 g/mol. The number of hydrogen-bond donors (Lipinski definition) is 3. The van der Waals surface area contributed by atoms with Gasteiger partial charge in [-0.1, -0.05) is 0 Å². The van der Waals surface area contributed by atoms with Gasteiger partial charge in [0.05, 0.1) is 18.0 Å². The van der Waals surface area contributed by atoms with Gasteiger partial charge in [-0.25, -0.2) is 13.1 Å². The zero-order chi connectivity index (χ0) is 14.7. The highest BCUT2D eigenvalue weighted by Gasteiger charge is 2.23. The molecule has 0 fully saturated rings. The Labute approximate surface area is 112 Å². The molecule has 1 aromatic rings. The topological polar surface area (TPSA) is 108 Å².